The molecule has 2 fully saturated rings. The van der Waals surface area contributed by atoms with Gasteiger partial charge < -0.3 is 15.0 Å². The lowest BCUT2D eigenvalue weighted by molar-refractivity contribution is -0.139. The molecular formula is C21H30N2O3. The molecule has 26 heavy (non-hydrogen) atoms. The third kappa shape index (κ3) is 3.63. The molecule has 1 aromatic carbocycles. The second-order valence-corrected chi connectivity index (χ2v) is 8.34. The van der Waals surface area contributed by atoms with E-state index < -0.39 is 0 Å². The first kappa shape index (κ1) is 18.9. The number of carbonyl (C=O) groups is 2. The normalized spacial score (nSPS) is 27.1. The van der Waals surface area contributed by atoms with E-state index in [-0.39, 0.29) is 29.1 Å². The Bertz CT molecular complexity index is 700. The number of rotatable bonds is 4. The molecule has 1 N–H and O–H groups in total. The number of aryl methyl sites for hydroxylation is 1. The summed E-state index contributed by atoms with van der Waals surface area (Å²) in [6, 6.07) is 8.11. The highest BCUT2D eigenvalue weighted by Gasteiger charge is 2.58. The predicted octanol–water partition coefficient (Wildman–Crippen LogP) is 2.60. The molecule has 1 spiro atoms. The van der Waals surface area contributed by atoms with Gasteiger partial charge in [0.05, 0.1) is 30.1 Å². The highest BCUT2D eigenvalue weighted by Crippen LogP contribution is 2.49. The molecule has 142 valence electrons. The van der Waals surface area contributed by atoms with Gasteiger partial charge in [-0.3, -0.25) is 9.59 Å². The van der Waals surface area contributed by atoms with Gasteiger partial charge in [0.25, 0.3) is 0 Å². The summed E-state index contributed by atoms with van der Waals surface area (Å²) >= 11 is 0. The zero-order valence-electron chi connectivity index (χ0n) is 16.3. The monoisotopic (exact) mass is 358 g/mol. The molecule has 2 heterocycles. The van der Waals surface area contributed by atoms with Crippen molar-refractivity contribution < 1.29 is 14.3 Å². The van der Waals surface area contributed by atoms with Crippen molar-refractivity contribution in [3.8, 4) is 0 Å². The molecule has 2 saturated heterocycles. The van der Waals surface area contributed by atoms with Crippen molar-refractivity contribution in [1.29, 1.82) is 0 Å². The number of amides is 2. The van der Waals surface area contributed by atoms with Gasteiger partial charge in [0.15, 0.2) is 0 Å². The van der Waals surface area contributed by atoms with Gasteiger partial charge in [0.2, 0.25) is 11.8 Å². The number of hydrogen-bond donors (Lipinski definition) is 1. The molecule has 0 bridgehead atoms. The highest BCUT2D eigenvalue weighted by atomic mass is 16.5. The van der Waals surface area contributed by atoms with Crippen molar-refractivity contribution in [1.82, 2.24) is 10.2 Å². The smallest absolute Gasteiger partial charge is 0.227 e. The number of nitrogens with one attached hydrogen (secondary N) is 1. The lowest BCUT2D eigenvalue weighted by atomic mass is 9.82. The average molecular weight is 358 g/mol. The Kier molecular flexibility index (Phi) is 5.11. The Labute approximate surface area is 156 Å². The fourth-order valence-corrected chi connectivity index (χ4v) is 4.77. The predicted molar refractivity (Wildman–Crippen MR) is 101 cm³/mol. The maximum atomic E-state index is 13.2. The maximum Gasteiger partial charge on any atom is 0.227 e. The molecule has 2 aliphatic heterocycles. The van der Waals surface area contributed by atoms with Crippen LogP contribution in [-0.4, -0.2) is 47.6 Å². The number of carbonyl (C=O) groups excluding carboxylic acids is 2. The Morgan fingerprint density at radius 3 is 2.81 bits per heavy atom. The fraction of sp³-hybridized carbons (Fsp3) is 0.619. The molecule has 1 aromatic rings. The van der Waals surface area contributed by atoms with E-state index in [0.29, 0.717) is 12.8 Å². The van der Waals surface area contributed by atoms with Crippen LogP contribution in [0.1, 0.15) is 50.7 Å². The topological polar surface area (TPSA) is 58.6 Å². The van der Waals surface area contributed by atoms with Gasteiger partial charge in [0.1, 0.15) is 0 Å². The summed E-state index contributed by atoms with van der Waals surface area (Å²) in [4.78, 5) is 27.2. The van der Waals surface area contributed by atoms with Crippen molar-refractivity contribution in [2.75, 3.05) is 13.6 Å². The molecule has 3 rings (SSSR count). The van der Waals surface area contributed by atoms with Gasteiger partial charge in [-0.1, -0.05) is 29.8 Å². The maximum absolute atomic E-state index is 13.2. The van der Waals surface area contributed by atoms with Crippen molar-refractivity contribution >= 4 is 11.8 Å². The molecule has 2 atom stereocenters. The van der Waals surface area contributed by atoms with Crippen LogP contribution in [0.4, 0.5) is 0 Å². The van der Waals surface area contributed by atoms with E-state index in [4.69, 9.17) is 4.74 Å². The van der Waals surface area contributed by atoms with Crippen molar-refractivity contribution in [2.45, 2.75) is 70.1 Å². The number of benzene rings is 1. The van der Waals surface area contributed by atoms with Crippen LogP contribution >= 0.6 is 0 Å². The van der Waals surface area contributed by atoms with Gasteiger partial charge >= 0.3 is 0 Å². The molecule has 0 aliphatic carbocycles. The van der Waals surface area contributed by atoms with Crippen LogP contribution in [0.15, 0.2) is 24.3 Å². The Morgan fingerprint density at radius 2 is 2.12 bits per heavy atom. The zero-order valence-corrected chi connectivity index (χ0v) is 16.3. The molecule has 2 amide bonds. The van der Waals surface area contributed by atoms with Gasteiger partial charge in [-0.25, -0.2) is 0 Å². The Hall–Kier alpha value is -1.88. The van der Waals surface area contributed by atoms with Crippen LogP contribution in [-0.2, 0) is 20.7 Å². The lowest BCUT2D eigenvalue weighted by Crippen LogP contribution is -2.54. The minimum absolute atomic E-state index is 0.0370. The van der Waals surface area contributed by atoms with Gasteiger partial charge in [0, 0.05) is 20.0 Å². The fourth-order valence-electron chi connectivity index (χ4n) is 4.77. The summed E-state index contributed by atoms with van der Waals surface area (Å²) in [5.41, 5.74) is 1.51. The molecule has 0 aromatic heterocycles. The molecule has 0 unspecified atom stereocenters. The largest absolute Gasteiger partial charge is 0.369 e. The summed E-state index contributed by atoms with van der Waals surface area (Å²) in [6.45, 7) is 6.90. The first-order valence-electron chi connectivity index (χ1n) is 9.50. The van der Waals surface area contributed by atoms with Crippen LogP contribution < -0.4 is 5.32 Å². The molecular weight excluding hydrogens is 328 g/mol. The minimum Gasteiger partial charge on any atom is -0.369 e. The van der Waals surface area contributed by atoms with Crippen molar-refractivity contribution in [3.63, 3.8) is 0 Å². The summed E-state index contributed by atoms with van der Waals surface area (Å²) < 4.78 is 6.25. The summed E-state index contributed by atoms with van der Waals surface area (Å²) in [6.07, 6.45) is 3.09. The first-order chi connectivity index (χ1) is 12.3. The average Bonchev–Trinajstić information content (AvgIpc) is 3.08. The molecule has 2 aliphatic rings. The second-order valence-electron chi connectivity index (χ2n) is 8.34. The first-order valence-corrected chi connectivity index (χ1v) is 9.50. The summed E-state index contributed by atoms with van der Waals surface area (Å²) in [5, 5.41) is 2.69. The highest BCUT2D eigenvalue weighted by molar-refractivity contribution is 5.81. The SMILES string of the molecule is CNC(=O)C[C@@H]1OC(C)(C)C[C@]12CCCN2C(=O)Cc1cccc(C)c1. The summed E-state index contributed by atoms with van der Waals surface area (Å²) in [7, 11) is 1.64. The Balaban J connectivity index is 1.84. The van der Waals surface area contributed by atoms with Gasteiger partial charge in [-0.15, -0.1) is 0 Å². The molecule has 5 heteroatoms. The van der Waals surface area contributed by atoms with E-state index >= 15 is 0 Å². The number of likely N-dealkylation sites (tertiary alicyclic amines) is 1. The standard InChI is InChI=1S/C21H30N2O3/c1-15-7-5-8-16(11-15)12-19(25)23-10-6-9-21(23)14-20(2,3)26-17(21)13-18(24)22-4/h5,7-8,11,17H,6,9-10,12-14H2,1-4H3,(H,22,24)/t17-,21+/m0/s1. The van der Waals surface area contributed by atoms with E-state index in [1.165, 1.54) is 0 Å². The number of hydrogen-bond acceptors (Lipinski definition) is 3. The Morgan fingerprint density at radius 1 is 1.35 bits per heavy atom. The zero-order chi connectivity index (χ0) is 18.9. The summed E-state index contributed by atoms with van der Waals surface area (Å²) in [5.74, 6) is 0.0985. The lowest BCUT2D eigenvalue weighted by Gasteiger charge is -2.39. The van der Waals surface area contributed by atoms with Gasteiger partial charge in [-0.05, 0) is 39.2 Å². The quantitative estimate of drug-likeness (QED) is 0.900. The number of ether oxygens (including phenoxy) is 1. The second kappa shape index (κ2) is 7.03. The number of nitrogens with zero attached hydrogens (tertiary/aromatic N) is 1. The van der Waals surface area contributed by atoms with Crippen LogP contribution in [0.25, 0.3) is 0 Å². The van der Waals surface area contributed by atoms with E-state index in [2.05, 4.69) is 25.2 Å². The van der Waals surface area contributed by atoms with Crippen LogP contribution in [0, 0.1) is 6.92 Å². The molecule has 0 saturated carbocycles. The minimum atomic E-state index is -0.364. The third-order valence-corrected chi connectivity index (χ3v) is 5.71. The van der Waals surface area contributed by atoms with Crippen LogP contribution in [0.5, 0.6) is 0 Å². The van der Waals surface area contributed by atoms with Gasteiger partial charge in [-0.2, -0.15) is 0 Å². The third-order valence-electron chi connectivity index (χ3n) is 5.71. The van der Waals surface area contributed by atoms with Crippen LogP contribution in [0.3, 0.4) is 0 Å². The van der Waals surface area contributed by atoms with E-state index in [1.807, 2.05) is 30.0 Å². The van der Waals surface area contributed by atoms with E-state index in [0.717, 1.165) is 36.9 Å². The van der Waals surface area contributed by atoms with Crippen molar-refractivity contribution in [3.05, 3.63) is 35.4 Å². The molecule has 5 nitrogen and oxygen atoms in total. The van der Waals surface area contributed by atoms with Crippen LogP contribution in [0.2, 0.25) is 0 Å². The van der Waals surface area contributed by atoms with E-state index in [1.54, 1.807) is 7.05 Å². The van der Waals surface area contributed by atoms with E-state index in [9.17, 15) is 9.59 Å². The molecule has 0 radical (unpaired) electrons. The van der Waals surface area contributed by atoms with Crippen molar-refractivity contribution in [2.24, 2.45) is 0 Å².